The predicted octanol–water partition coefficient (Wildman–Crippen LogP) is 2.30. The molecule has 1 aromatic rings. The average Bonchev–Trinajstić information content (AvgIpc) is 2.72. The molecule has 0 amide bonds. The van der Waals surface area contributed by atoms with Crippen molar-refractivity contribution < 1.29 is 0 Å². The first-order chi connectivity index (χ1) is 13.3. The number of hydrogen-bond acceptors (Lipinski definition) is 5. The number of halogens is 1. The molecular weight excluding hydrogens is 465 g/mol. The van der Waals surface area contributed by atoms with Gasteiger partial charge in [0.05, 0.1) is 0 Å². The third kappa shape index (κ3) is 7.02. The van der Waals surface area contributed by atoms with Crippen LogP contribution >= 0.6 is 24.0 Å². The van der Waals surface area contributed by atoms with Gasteiger partial charge in [0.25, 0.3) is 0 Å². The number of unbranched alkanes of at least 4 members (excludes halogenated alkanes) is 1. The second-order valence-corrected chi connectivity index (χ2v) is 7.75. The Balaban J connectivity index is 0.00000280. The van der Waals surface area contributed by atoms with E-state index in [9.17, 15) is 0 Å². The molecule has 8 heteroatoms. The van der Waals surface area contributed by atoms with E-state index in [4.69, 9.17) is 0 Å². The molecule has 0 saturated carbocycles. The number of rotatable bonds is 6. The molecule has 2 aliphatic rings. The van der Waals surface area contributed by atoms with Gasteiger partial charge in [0.1, 0.15) is 0 Å². The van der Waals surface area contributed by atoms with Gasteiger partial charge < -0.3 is 20.0 Å². The molecule has 2 fully saturated rings. The molecule has 2 aliphatic heterocycles. The quantitative estimate of drug-likeness (QED) is 0.280. The molecule has 158 valence electrons. The molecule has 1 unspecified atom stereocenters. The number of guanidine groups is 1. The van der Waals surface area contributed by atoms with Gasteiger partial charge in [-0.05, 0) is 50.8 Å². The van der Waals surface area contributed by atoms with Gasteiger partial charge in [0, 0.05) is 58.7 Å². The van der Waals surface area contributed by atoms with E-state index in [1.165, 1.54) is 45.3 Å². The van der Waals surface area contributed by atoms with Crippen LogP contribution in [0.25, 0.3) is 0 Å². The Kier molecular flexibility index (Phi) is 10.3. The van der Waals surface area contributed by atoms with E-state index < -0.39 is 0 Å². The topological polar surface area (TPSA) is 59.9 Å². The van der Waals surface area contributed by atoms with Crippen LogP contribution in [-0.2, 0) is 0 Å². The number of aliphatic imine (C=N–C) groups is 1. The maximum atomic E-state index is 4.48. The van der Waals surface area contributed by atoms with E-state index >= 15 is 0 Å². The number of anilines is 1. The summed E-state index contributed by atoms with van der Waals surface area (Å²) in [6.45, 7) is 10.9. The number of hydrogen-bond donors (Lipinski definition) is 1. The van der Waals surface area contributed by atoms with Crippen molar-refractivity contribution in [2.24, 2.45) is 10.9 Å². The number of piperidine rings is 1. The second kappa shape index (κ2) is 12.4. The van der Waals surface area contributed by atoms with Crippen LogP contribution in [-0.4, -0.2) is 85.1 Å². The molecule has 1 aromatic heterocycles. The summed E-state index contributed by atoms with van der Waals surface area (Å²) in [5, 5.41) is 3.55. The van der Waals surface area contributed by atoms with Crippen molar-refractivity contribution in [1.29, 1.82) is 0 Å². The van der Waals surface area contributed by atoms with Crippen LogP contribution < -0.4 is 10.2 Å². The van der Waals surface area contributed by atoms with Gasteiger partial charge in [0.15, 0.2) is 5.96 Å². The van der Waals surface area contributed by atoms with E-state index in [0.717, 1.165) is 50.5 Å². The van der Waals surface area contributed by atoms with Crippen LogP contribution in [0.15, 0.2) is 23.5 Å². The highest BCUT2D eigenvalue weighted by Crippen LogP contribution is 2.15. The van der Waals surface area contributed by atoms with E-state index in [0.29, 0.717) is 0 Å². The molecule has 0 radical (unpaired) electrons. The Morgan fingerprint density at radius 2 is 1.89 bits per heavy atom. The molecule has 1 N–H and O–H groups in total. The summed E-state index contributed by atoms with van der Waals surface area (Å²) in [4.78, 5) is 20.4. The molecule has 1 atom stereocenters. The zero-order valence-corrected chi connectivity index (χ0v) is 19.7. The summed E-state index contributed by atoms with van der Waals surface area (Å²) in [6, 6.07) is 1.86. The highest BCUT2D eigenvalue weighted by molar-refractivity contribution is 14.0. The number of nitrogens with zero attached hydrogens (tertiary/aromatic N) is 6. The van der Waals surface area contributed by atoms with Gasteiger partial charge >= 0.3 is 0 Å². The summed E-state index contributed by atoms with van der Waals surface area (Å²) >= 11 is 0. The lowest BCUT2D eigenvalue weighted by Gasteiger charge is -2.36. The fourth-order valence-corrected chi connectivity index (χ4v) is 4.06. The largest absolute Gasteiger partial charge is 0.356 e. The molecule has 28 heavy (non-hydrogen) atoms. The lowest BCUT2D eigenvalue weighted by atomic mass is 10.0. The van der Waals surface area contributed by atoms with E-state index in [1.54, 1.807) is 12.4 Å². The van der Waals surface area contributed by atoms with Gasteiger partial charge in [-0.15, -0.1) is 24.0 Å². The first-order valence-corrected chi connectivity index (χ1v) is 10.5. The molecule has 0 bridgehead atoms. The monoisotopic (exact) mass is 501 g/mol. The van der Waals surface area contributed by atoms with Crippen LogP contribution in [0.4, 0.5) is 5.95 Å². The van der Waals surface area contributed by atoms with Crippen molar-refractivity contribution in [3.05, 3.63) is 18.5 Å². The molecular formula is C20H36IN7. The molecule has 7 nitrogen and oxygen atoms in total. The standard InChI is InChI=1S/C20H35N7.HI/c1-18-7-5-12-25(17-18)11-4-3-8-22-19(21-2)26-13-15-27(16-14-26)20-23-9-6-10-24-20;/h6,9-10,18H,3-5,7-8,11-17H2,1-2H3,(H,21,22);1H. The van der Waals surface area contributed by atoms with Crippen LogP contribution in [0.1, 0.15) is 32.6 Å². The normalized spacial score (nSPS) is 21.4. The Labute approximate surface area is 187 Å². The van der Waals surface area contributed by atoms with E-state index in [1.807, 2.05) is 13.1 Å². The zero-order valence-electron chi connectivity index (χ0n) is 17.4. The lowest BCUT2D eigenvalue weighted by molar-refractivity contribution is 0.181. The number of piperazine rings is 1. The number of nitrogens with one attached hydrogen (secondary N) is 1. The number of aromatic nitrogens is 2. The van der Waals surface area contributed by atoms with E-state index in [2.05, 4.69) is 41.9 Å². The Hall–Kier alpha value is -1.16. The van der Waals surface area contributed by atoms with Crippen molar-refractivity contribution in [2.45, 2.75) is 32.6 Å². The maximum Gasteiger partial charge on any atom is 0.225 e. The molecule has 3 rings (SSSR count). The molecule has 3 heterocycles. The van der Waals surface area contributed by atoms with Crippen molar-refractivity contribution in [3.8, 4) is 0 Å². The summed E-state index contributed by atoms with van der Waals surface area (Å²) in [5.41, 5.74) is 0. The van der Waals surface area contributed by atoms with Gasteiger partial charge in [0.2, 0.25) is 5.95 Å². The third-order valence-electron chi connectivity index (χ3n) is 5.55. The van der Waals surface area contributed by atoms with Crippen LogP contribution in [0.2, 0.25) is 0 Å². The first-order valence-electron chi connectivity index (χ1n) is 10.5. The highest BCUT2D eigenvalue weighted by atomic mass is 127. The molecule has 2 saturated heterocycles. The summed E-state index contributed by atoms with van der Waals surface area (Å²) in [5.74, 6) is 2.72. The Morgan fingerprint density at radius 1 is 1.14 bits per heavy atom. The van der Waals surface area contributed by atoms with E-state index in [-0.39, 0.29) is 24.0 Å². The Morgan fingerprint density at radius 3 is 2.57 bits per heavy atom. The van der Waals surface area contributed by atoms with Gasteiger partial charge in [-0.1, -0.05) is 6.92 Å². The van der Waals surface area contributed by atoms with Gasteiger partial charge in [-0.3, -0.25) is 4.99 Å². The number of likely N-dealkylation sites (tertiary alicyclic amines) is 1. The maximum absolute atomic E-state index is 4.48. The van der Waals surface area contributed by atoms with Crippen LogP contribution in [0, 0.1) is 5.92 Å². The summed E-state index contributed by atoms with van der Waals surface area (Å²) in [7, 11) is 1.88. The minimum absolute atomic E-state index is 0. The predicted molar refractivity (Wildman–Crippen MR) is 127 cm³/mol. The van der Waals surface area contributed by atoms with Crippen LogP contribution in [0.3, 0.4) is 0 Å². The second-order valence-electron chi connectivity index (χ2n) is 7.75. The highest BCUT2D eigenvalue weighted by Gasteiger charge is 2.21. The fraction of sp³-hybridized carbons (Fsp3) is 0.750. The zero-order chi connectivity index (χ0) is 18.9. The summed E-state index contributed by atoms with van der Waals surface area (Å²) in [6.07, 6.45) is 8.83. The third-order valence-corrected chi connectivity index (χ3v) is 5.55. The van der Waals surface area contributed by atoms with Crippen molar-refractivity contribution in [2.75, 3.05) is 64.3 Å². The smallest absolute Gasteiger partial charge is 0.225 e. The minimum Gasteiger partial charge on any atom is -0.356 e. The van der Waals surface area contributed by atoms with Gasteiger partial charge in [-0.2, -0.15) is 0 Å². The van der Waals surface area contributed by atoms with Crippen LogP contribution in [0.5, 0.6) is 0 Å². The Bertz CT molecular complexity index is 575. The minimum atomic E-state index is 0. The average molecular weight is 501 g/mol. The van der Waals surface area contributed by atoms with Crippen molar-refractivity contribution in [3.63, 3.8) is 0 Å². The molecule has 0 spiro atoms. The fourth-order valence-electron chi connectivity index (χ4n) is 4.06. The van der Waals surface area contributed by atoms with Crippen molar-refractivity contribution >= 4 is 35.9 Å². The van der Waals surface area contributed by atoms with Gasteiger partial charge in [-0.25, -0.2) is 9.97 Å². The molecule has 0 aromatic carbocycles. The molecule has 0 aliphatic carbocycles. The summed E-state index contributed by atoms with van der Waals surface area (Å²) < 4.78 is 0. The van der Waals surface area contributed by atoms with Crippen molar-refractivity contribution in [1.82, 2.24) is 25.1 Å². The lowest BCUT2D eigenvalue weighted by Crippen LogP contribution is -2.53. The first kappa shape index (κ1) is 23.1. The SMILES string of the molecule is CN=C(NCCCCN1CCCC(C)C1)N1CCN(c2ncccn2)CC1.I.